The predicted octanol–water partition coefficient (Wildman–Crippen LogP) is 2.41. The highest BCUT2D eigenvalue weighted by Crippen LogP contribution is 2.37. The first-order chi connectivity index (χ1) is 13.9. The summed E-state index contributed by atoms with van der Waals surface area (Å²) in [6.07, 6.45) is 0. The molecule has 0 fully saturated rings. The van der Waals surface area contributed by atoms with E-state index in [1.807, 2.05) is 6.07 Å². The number of nitrogens with two attached hydrogens (primary N) is 2. The first kappa shape index (κ1) is 20.3. The van der Waals surface area contributed by atoms with Crippen LogP contribution in [0.2, 0.25) is 0 Å². The van der Waals surface area contributed by atoms with Crippen molar-refractivity contribution in [1.82, 2.24) is 0 Å². The molecule has 0 saturated carbocycles. The molecule has 0 unspecified atom stereocenters. The van der Waals surface area contributed by atoms with Crippen molar-refractivity contribution in [2.24, 2.45) is 11.5 Å². The van der Waals surface area contributed by atoms with Crippen molar-refractivity contribution >= 4 is 11.9 Å². The van der Waals surface area contributed by atoms with Crippen molar-refractivity contribution in [2.45, 2.75) is 17.7 Å². The second kappa shape index (κ2) is 8.26. The molecule has 0 aliphatic rings. The summed E-state index contributed by atoms with van der Waals surface area (Å²) in [6, 6.07) is 25.8. The molecule has 3 rings (SSSR count). The molecule has 0 spiro atoms. The number of rotatable bonds is 7. The topological polar surface area (TPSA) is 116 Å². The second-order valence-electron chi connectivity index (χ2n) is 6.71. The Bertz CT molecular complexity index is 938. The molecule has 6 nitrogen and oxygen atoms in total. The van der Waals surface area contributed by atoms with Crippen LogP contribution < -0.4 is 11.5 Å². The van der Waals surface area contributed by atoms with Crippen molar-refractivity contribution in [3.05, 3.63) is 108 Å². The van der Waals surface area contributed by atoms with E-state index in [4.69, 9.17) is 16.2 Å². The molecule has 0 saturated heterocycles. The number of carbonyl (C=O) groups excluding carboxylic acids is 1. The molecule has 29 heavy (non-hydrogen) atoms. The van der Waals surface area contributed by atoms with Crippen molar-refractivity contribution in [3.63, 3.8) is 0 Å². The Balaban J connectivity index is 2.09. The highest BCUT2D eigenvalue weighted by atomic mass is 16.5. The van der Waals surface area contributed by atoms with Gasteiger partial charge in [0, 0.05) is 0 Å². The SMILES string of the molecule is NC(c1ccccc1)(c1ccccc1)[C@](N)(C(=O)O)C(=O)OCc1ccccc1. The summed E-state index contributed by atoms with van der Waals surface area (Å²) < 4.78 is 5.32. The maximum absolute atomic E-state index is 13.1. The quantitative estimate of drug-likeness (QED) is 0.421. The Hall–Kier alpha value is -3.48. The molecule has 0 heterocycles. The zero-order chi connectivity index (χ0) is 20.9. The average Bonchev–Trinajstić information content (AvgIpc) is 2.78. The third-order valence-corrected chi connectivity index (χ3v) is 4.95. The number of ether oxygens (including phenoxy) is 1. The monoisotopic (exact) mass is 390 g/mol. The minimum Gasteiger partial charge on any atom is -0.479 e. The zero-order valence-corrected chi connectivity index (χ0v) is 15.7. The van der Waals surface area contributed by atoms with Gasteiger partial charge >= 0.3 is 11.9 Å². The highest BCUT2D eigenvalue weighted by molar-refractivity contribution is 6.06. The number of benzene rings is 3. The van der Waals surface area contributed by atoms with Gasteiger partial charge < -0.3 is 21.3 Å². The van der Waals surface area contributed by atoms with Crippen LogP contribution in [-0.4, -0.2) is 22.6 Å². The molecule has 148 valence electrons. The van der Waals surface area contributed by atoms with Crippen LogP contribution in [0.25, 0.3) is 0 Å². The van der Waals surface area contributed by atoms with Crippen LogP contribution in [0.3, 0.4) is 0 Å². The number of carboxylic acid groups (broad SMARTS) is 1. The largest absolute Gasteiger partial charge is 0.479 e. The van der Waals surface area contributed by atoms with E-state index in [1.54, 1.807) is 84.9 Å². The molecule has 5 N–H and O–H groups in total. The lowest BCUT2D eigenvalue weighted by Gasteiger charge is -2.41. The van der Waals surface area contributed by atoms with Crippen LogP contribution in [-0.2, 0) is 26.5 Å². The Morgan fingerprint density at radius 1 is 0.759 bits per heavy atom. The maximum Gasteiger partial charge on any atom is 0.340 e. The van der Waals surface area contributed by atoms with Crippen LogP contribution in [0.4, 0.5) is 0 Å². The van der Waals surface area contributed by atoms with Gasteiger partial charge in [0.1, 0.15) is 12.1 Å². The van der Waals surface area contributed by atoms with E-state index in [0.717, 1.165) is 0 Å². The number of carboxylic acids is 1. The summed E-state index contributed by atoms with van der Waals surface area (Å²) in [5.41, 5.74) is 10.0. The molecule has 0 amide bonds. The molecule has 0 radical (unpaired) electrons. The van der Waals surface area contributed by atoms with Gasteiger partial charge in [-0.05, 0) is 16.7 Å². The van der Waals surface area contributed by atoms with Crippen molar-refractivity contribution in [2.75, 3.05) is 0 Å². The van der Waals surface area contributed by atoms with E-state index in [0.29, 0.717) is 16.7 Å². The molecule has 0 bridgehead atoms. The lowest BCUT2D eigenvalue weighted by molar-refractivity contribution is -0.165. The summed E-state index contributed by atoms with van der Waals surface area (Å²) >= 11 is 0. The number of aliphatic carboxylic acids is 1. The summed E-state index contributed by atoms with van der Waals surface area (Å²) in [7, 11) is 0. The standard InChI is InChI=1S/C23H22N2O4/c24-22(18-12-6-2-7-13-18,19-14-8-3-9-15-19)23(25,20(26)27)21(28)29-16-17-10-4-1-5-11-17/h1-15H,16,24-25H2,(H,26,27)/t23-/m0/s1. The summed E-state index contributed by atoms with van der Waals surface area (Å²) in [6.45, 7) is -0.119. The Kier molecular flexibility index (Phi) is 5.77. The van der Waals surface area contributed by atoms with Crippen molar-refractivity contribution < 1.29 is 19.4 Å². The fraction of sp³-hybridized carbons (Fsp3) is 0.130. The van der Waals surface area contributed by atoms with Gasteiger partial charge in [0.25, 0.3) is 0 Å². The van der Waals surface area contributed by atoms with Crippen LogP contribution in [0.5, 0.6) is 0 Å². The number of hydrogen-bond donors (Lipinski definition) is 3. The number of carbonyl (C=O) groups is 2. The molecular weight excluding hydrogens is 368 g/mol. The highest BCUT2D eigenvalue weighted by Gasteiger charge is 2.61. The van der Waals surface area contributed by atoms with E-state index < -0.39 is 23.0 Å². The maximum atomic E-state index is 13.1. The smallest absolute Gasteiger partial charge is 0.340 e. The third-order valence-electron chi connectivity index (χ3n) is 4.95. The van der Waals surface area contributed by atoms with Gasteiger partial charge in [-0.25, -0.2) is 9.59 Å². The fourth-order valence-corrected chi connectivity index (χ4v) is 3.28. The van der Waals surface area contributed by atoms with Crippen LogP contribution >= 0.6 is 0 Å². The van der Waals surface area contributed by atoms with Crippen LogP contribution in [0.1, 0.15) is 16.7 Å². The lowest BCUT2D eigenvalue weighted by atomic mass is 9.68. The van der Waals surface area contributed by atoms with Crippen LogP contribution in [0.15, 0.2) is 91.0 Å². The first-order valence-corrected chi connectivity index (χ1v) is 9.04. The molecule has 3 aromatic carbocycles. The molecule has 6 heteroatoms. The zero-order valence-electron chi connectivity index (χ0n) is 15.7. The first-order valence-electron chi connectivity index (χ1n) is 9.04. The van der Waals surface area contributed by atoms with Gasteiger partial charge in [-0.3, -0.25) is 0 Å². The Morgan fingerprint density at radius 3 is 1.59 bits per heavy atom. The van der Waals surface area contributed by atoms with E-state index >= 15 is 0 Å². The molecule has 3 aromatic rings. The molecular formula is C23H22N2O4. The number of hydrogen-bond acceptors (Lipinski definition) is 5. The molecule has 0 aliphatic heterocycles. The van der Waals surface area contributed by atoms with Gasteiger partial charge in [0.15, 0.2) is 0 Å². The van der Waals surface area contributed by atoms with Gasteiger partial charge in [0.05, 0.1) is 0 Å². The van der Waals surface area contributed by atoms with E-state index in [2.05, 4.69) is 0 Å². The van der Waals surface area contributed by atoms with Crippen LogP contribution in [0, 0.1) is 0 Å². The Labute approximate surface area is 168 Å². The van der Waals surface area contributed by atoms with Crippen molar-refractivity contribution in [1.29, 1.82) is 0 Å². The Morgan fingerprint density at radius 2 is 1.17 bits per heavy atom. The molecule has 1 atom stereocenters. The number of esters is 1. The lowest BCUT2D eigenvalue weighted by Crippen LogP contribution is -2.72. The van der Waals surface area contributed by atoms with E-state index in [1.165, 1.54) is 0 Å². The third kappa shape index (κ3) is 3.63. The minimum absolute atomic E-state index is 0.119. The average molecular weight is 390 g/mol. The van der Waals surface area contributed by atoms with Crippen molar-refractivity contribution in [3.8, 4) is 0 Å². The summed E-state index contributed by atoms with van der Waals surface area (Å²) in [5.74, 6) is -2.70. The normalized spacial score (nSPS) is 13.3. The van der Waals surface area contributed by atoms with Gasteiger partial charge in [-0.15, -0.1) is 0 Å². The van der Waals surface area contributed by atoms with E-state index in [-0.39, 0.29) is 6.61 Å². The molecule has 0 aromatic heterocycles. The van der Waals surface area contributed by atoms with Gasteiger partial charge in [0.2, 0.25) is 5.54 Å². The van der Waals surface area contributed by atoms with Gasteiger partial charge in [-0.1, -0.05) is 91.0 Å². The minimum atomic E-state index is -2.56. The van der Waals surface area contributed by atoms with Gasteiger partial charge in [-0.2, -0.15) is 0 Å². The molecule has 0 aliphatic carbocycles. The second-order valence-corrected chi connectivity index (χ2v) is 6.71. The fourth-order valence-electron chi connectivity index (χ4n) is 3.28. The summed E-state index contributed by atoms with van der Waals surface area (Å²) in [5, 5.41) is 10.1. The summed E-state index contributed by atoms with van der Waals surface area (Å²) in [4.78, 5) is 25.4. The van der Waals surface area contributed by atoms with E-state index in [9.17, 15) is 14.7 Å². The predicted molar refractivity (Wildman–Crippen MR) is 109 cm³/mol.